The number of piperidine rings is 1. The third-order valence-corrected chi connectivity index (χ3v) is 4.67. The molecule has 0 atom stereocenters. The number of nitrogens with zero attached hydrogens (tertiary/aromatic N) is 3. The van der Waals surface area contributed by atoms with Gasteiger partial charge in [-0.3, -0.25) is 19.6 Å². The first-order valence-electron chi connectivity index (χ1n) is 7.09. The van der Waals surface area contributed by atoms with Gasteiger partial charge in [0.1, 0.15) is 0 Å². The lowest BCUT2D eigenvalue weighted by Crippen LogP contribution is -2.41. The monoisotopic (exact) mass is 316 g/mol. The molecule has 0 bridgehead atoms. The van der Waals surface area contributed by atoms with Gasteiger partial charge in [0.25, 0.3) is 5.91 Å². The molecule has 2 N–H and O–H groups in total. The van der Waals surface area contributed by atoms with Crippen molar-refractivity contribution in [2.45, 2.75) is 12.8 Å². The summed E-state index contributed by atoms with van der Waals surface area (Å²) in [5.74, 6) is -0.461. The molecule has 1 fully saturated rings. The van der Waals surface area contributed by atoms with Gasteiger partial charge in [-0.2, -0.15) is 0 Å². The highest BCUT2D eigenvalue weighted by atomic mass is 32.1. The fourth-order valence-corrected chi connectivity index (χ4v) is 3.28. The van der Waals surface area contributed by atoms with Gasteiger partial charge in [0.05, 0.1) is 21.6 Å². The highest BCUT2D eigenvalue weighted by Gasteiger charge is 2.28. The van der Waals surface area contributed by atoms with Gasteiger partial charge in [-0.05, 0) is 25.0 Å². The molecule has 1 aliphatic heterocycles. The van der Waals surface area contributed by atoms with Crippen LogP contribution in [0.3, 0.4) is 0 Å². The van der Waals surface area contributed by atoms with E-state index >= 15 is 0 Å². The highest BCUT2D eigenvalue weighted by Crippen LogP contribution is 2.27. The molecule has 0 aromatic carbocycles. The van der Waals surface area contributed by atoms with Crippen LogP contribution in [0.25, 0.3) is 10.6 Å². The lowest BCUT2D eigenvalue weighted by molar-refractivity contribution is -0.123. The quantitative estimate of drug-likeness (QED) is 0.930. The number of primary amides is 1. The molecule has 1 saturated heterocycles. The number of pyridine rings is 1. The zero-order chi connectivity index (χ0) is 15.5. The average Bonchev–Trinajstić information content (AvgIpc) is 3.08. The Morgan fingerprint density at radius 2 is 2.09 bits per heavy atom. The van der Waals surface area contributed by atoms with E-state index in [1.807, 2.05) is 0 Å². The molecule has 3 heterocycles. The van der Waals surface area contributed by atoms with Crippen molar-refractivity contribution >= 4 is 23.2 Å². The lowest BCUT2D eigenvalue weighted by atomic mass is 9.95. The van der Waals surface area contributed by atoms with Gasteiger partial charge in [0.2, 0.25) is 5.91 Å². The summed E-state index contributed by atoms with van der Waals surface area (Å²) in [6.45, 7) is 1.09. The van der Waals surface area contributed by atoms with Crippen molar-refractivity contribution in [3.05, 3.63) is 35.6 Å². The molecule has 7 heteroatoms. The predicted octanol–water partition coefficient (Wildman–Crippen LogP) is 1.54. The number of hydrogen-bond acceptors (Lipinski definition) is 5. The highest BCUT2D eigenvalue weighted by molar-refractivity contribution is 7.13. The molecule has 0 aliphatic carbocycles. The van der Waals surface area contributed by atoms with Crippen LogP contribution >= 0.6 is 11.3 Å². The van der Waals surface area contributed by atoms with Crippen LogP contribution in [0.4, 0.5) is 0 Å². The Morgan fingerprint density at radius 1 is 1.32 bits per heavy atom. The number of amides is 2. The van der Waals surface area contributed by atoms with Crippen LogP contribution in [-0.2, 0) is 4.79 Å². The van der Waals surface area contributed by atoms with Crippen molar-refractivity contribution in [1.82, 2.24) is 14.9 Å². The molecule has 22 heavy (non-hydrogen) atoms. The van der Waals surface area contributed by atoms with Crippen LogP contribution < -0.4 is 5.73 Å². The van der Waals surface area contributed by atoms with Gasteiger partial charge in [-0.25, -0.2) is 0 Å². The number of carbonyl (C=O) groups is 2. The molecular formula is C15H16N4O2S. The minimum absolute atomic E-state index is 0.0561. The summed E-state index contributed by atoms with van der Waals surface area (Å²) in [5, 5.41) is 0. The first-order chi connectivity index (χ1) is 10.7. The Labute approximate surface area is 132 Å². The summed E-state index contributed by atoms with van der Waals surface area (Å²) in [5.41, 5.74) is 8.28. The summed E-state index contributed by atoms with van der Waals surface area (Å²) in [4.78, 5) is 35.0. The van der Waals surface area contributed by atoms with Gasteiger partial charge in [-0.15, -0.1) is 11.3 Å². The third-order valence-electron chi connectivity index (χ3n) is 3.89. The van der Waals surface area contributed by atoms with Crippen LogP contribution in [0.5, 0.6) is 0 Å². The number of nitrogens with two attached hydrogens (primary N) is 1. The van der Waals surface area contributed by atoms with E-state index in [9.17, 15) is 9.59 Å². The van der Waals surface area contributed by atoms with Crippen molar-refractivity contribution < 1.29 is 9.59 Å². The Morgan fingerprint density at radius 3 is 2.73 bits per heavy atom. The zero-order valence-electron chi connectivity index (χ0n) is 11.9. The second kappa shape index (κ2) is 6.23. The van der Waals surface area contributed by atoms with Crippen LogP contribution in [-0.4, -0.2) is 39.8 Å². The summed E-state index contributed by atoms with van der Waals surface area (Å²) < 4.78 is 0. The summed E-state index contributed by atoms with van der Waals surface area (Å²) >= 11 is 1.45. The maximum atomic E-state index is 12.7. The van der Waals surface area contributed by atoms with Gasteiger partial charge in [0.15, 0.2) is 0 Å². The van der Waals surface area contributed by atoms with Gasteiger partial charge in [0, 0.05) is 31.4 Å². The van der Waals surface area contributed by atoms with E-state index in [4.69, 9.17) is 5.73 Å². The first kappa shape index (κ1) is 14.6. The topological polar surface area (TPSA) is 89.2 Å². The van der Waals surface area contributed by atoms with Crippen molar-refractivity contribution in [3.63, 3.8) is 0 Å². The molecule has 2 aromatic heterocycles. The minimum atomic E-state index is -0.279. The molecule has 2 aromatic rings. The number of aromatic nitrogens is 2. The Bertz CT molecular complexity index is 679. The molecule has 0 saturated carbocycles. The van der Waals surface area contributed by atoms with Gasteiger partial charge in [-0.1, -0.05) is 0 Å². The maximum Gasteiger partial charge on any atom is 0.256 e. The largest absolute Gasteiger partial charge is 0.369 e. The molecule has 6 nitrogen and oxygen atoms in total. The number of thiazole rings is 1. The Hall–Kier alpha value is -2.28. The number of likely N-dealkylation sites (tertiary alicyclic amines) is 1. The minimum Gasteiger partial charge on any atom is -0.369 e. The smallest absolute Gasteiger partial charge is 0.256 e. The van der Waals surface area contributed by atoms with Crippen LogP contribution in [0.15, 0.2) is 30.0 Å². The maximum absolute atomic E-state index is 12.7. The molecule has 3 rings (SSSR count). The second-order valence-corrected chi connectivity index (χ2v) is 6.12. The SMILES string of the molecule is NC(=O)C1CCN(C(=O)c2cccnc2-c2cncs2)CC1. The van der Waals surface area contributed by atoms with Crippen molar-refractivity contribution in [1.29, 1.82) is 0 Å². The molecule has 114 valence electrons. The van der Waals surface area contributed by atoms with Gasteiger partial charge >= 0.3 is 0 Å². The number of rotatable bonds is 3. The summed E-state index contributed by atoms with van der Waals surface area (Å²) in [6.07, 6.45) is 4.63. The molecular weight excluding hydrogens is 300 g/mol. The van der Waals surface area contributed by atoms with E-state index in [1.54, 1.807) is 34.9 Å². The van der Waals surface area contributed by atoms with Crippen molar-refractivity contribution in [2.24, 2.45) is 11.7 Å². The fourth-order valence-electron chi connectivity index (χ4n) is 2.64. The average molecular weight is 316 g/mol. The molecule has 0 unspecified atom stereocenters. The van der Waals surface area contributed by atoms with E-state index in [1.165, 1.54) is 11.3 Å². The van der Waals surface area contributed by atoms with Crippen molar-refractivity contribution in [2.75, 3.05) is 13.1 Å². The summed E-state index contributed by atoms with van der Waals surface area (Å²) in [6, 6.07) is 3.54. The molecule has 0 radical (unpaired) electrons. The fraction of sp³-hybridized carbons (Fsp3) is 0.333. The molecule has 1 aliphatic rings. The summed E-state index contributed by atoms with van der Waals surface area (Å²) in [7, 11) is 0. The second-order valence-electron chi connectivity index (χ2n) is 5.23. The van der Waals surface area contributed by atoms with Crippen molar-refractivity contribution in [3.8, 4) is 10.6 Å². The van der Waals surface area contributed by atoms with E-state index < -0.39 is 0 Å². The lowest BCUT2D eigenvalue weighted by Gasteiger charge is -2.30. The zero-order valence-corrected chi connectivity index (χ0v) is 12.8. The predicted molar refractivity (Wildman–Crippen MR) is 83.2 cm³/mol. The van der Waals surface area contributed by atoms with E-state index in [2.05, 4.69) is 9.97 Å². The Balaban J connectivity index is 1.81. The standard InChI is InChI=1S/C15H16N4O2S/c16-14(20)10-3-6-19(7-4-10)15(21)11-2-1-5-18-13(11)12-8-17-9-22-12/h1-2,5,8-10H,3-4,6-7H2,(H2,16,20). The number of hydrogen-bond donors (Lipinski definition) is 1. The molecule has 0 spiro atoms. The van der Waals surface area contributed by atoms with Crippen LogP contribution in [0.2, 0.25) is 0 Å². The molecule has 2 amide bonds. The van der Waals surface area contributed by atoms with Gasteiger partial charge < -0.3 is 10.6 Å². The normalized spacial score (nSPS) is 15.7. The Kier molecular flexibility index (Phi) is 4.15. The van der Waals surface area contributed by atoms with E-state index in [0.29, 0.717) is 37.2 Å². The first-order valence-corrected chi connectivity index (χ1v) is 7.97. The van der Waals surface area contributed by atoms with Crippen LogP contribution in [0.1, 0.15) is 23.2 Å². The van der Waals surface area contributed by atoms with Crippen LogP contribution in [0, 0.1) is 5.92 Å². The third kappa shape index (κ3) is 2.85. The number of carbonyl (C=O) groups excluding carboxylic acids is 2. The van der Waals surface area contributed by atoms with E-state index in [0.717, 1.165) is 4.88 Å². The van der Waals surface area contributed by atoms with E-state index in [-0.39, 0.29) is 17.7 Å².